The Morgan fingerprint density at radius 3 is 2.27 bits per heavy atom. The Kier molecular flexibility index (Phi) is 5.93. The summed E-state index contributed by atoms with van der Waals surface area (Å²) in [5.41, 5.74) is 1.96. The number of thioether (sulfide) groups is 1. The smallest absolute Gasteiger partial charge is 0.224 e. The van der Waals surface area contributed by atoms with E-state index in [1.54, 1.807) is 33.1 Å². The van der Waals surface area contributed by atoms with Gasteiger partial charge in [0.05, 0.1) is 26.9 Å². The van der Waals surface area contributed by atoms with Crippen molar-refractivity contribution in [3.05, 3.63) is 53.6 Å². The summed E-state index contributed by atoms with van der Waals surface area (Å²) in [5, 5.41) is -0.174. The number of hydrogen-bond acceptors (Lipinski definition) is 5. The number of methoxy groups -OCH3 is 3. The van der Waals surface area contributed by atoms with E-state index in [1.807, 2.05) is 47.4 Å². The molecule has 0 bridgehead atoms. The number of carbonyl (C=O) groups excluding carboxylic acids is 1. The van der Waals surface area contributed by atoms with Crippen molar-refractivity contribution in [3.63, 3.8) is 0 Å². The van der Waals surface area contributed by atoms with E-state index in [-0.39, 0.29) is 11.3 Å². The molecule has 138 valence electrons. The highest BCUT2D eigenvalue weighted by Gasteiger charge is 2.34. The summed E-state index contributed by atoms with van der Waals surface area (Å²) in [6, 6.07) is 13.7. The molecule has 1 saturated heterocycles. The quantitative estimate of drug-likeness (QED) is 0.769. The van der Waals surface area contributed by atoms with Crippen LogP contribution >= 0.6 is 11.8 Å². The first-order valence-electron chi connectivity index (χ1n) is 8.42. The number of ether oxygens (including phenoxy) is 3. The monoisotopic (exact) mass is 373 g/mol. The van der Waals surface area contributed by atoms with Gasteiger partial charge in [-0.1, -0.05) is 30.3 Å². The number of amides is 1. The third-order valence-electron chi connectivity index (χ3n) is 4.39. The molecule has 0 aromatic heterocycles. The van der Waals surface area contributed by atoms with Gasteiger partial charge < -0.3 is 19.1 Å². The highest BCUT2D eigenvalue weighted by molar-refractivity contribution is 7.99. The molecule has 0 aliphatic carbocycles. The molecular formula is C20H23NO4S. The molecule has 2 aromatic rings. The van der Waals surface area contributed by atoms with Crippen molar-refractivity contribution in [3.8, 4) is 17.2 Å². The molecular weight excluding hydrogens is 350 g/mol. The van der Waals surface area contributed by atoms with E-state index in [9.17, 15) is 4.79 Å². The molecule has 2 aromatic carbocycles. The molecule has 5 nitrogen and oxygen atoms in total. The number of rotatable bonds is 6. The van der Waals surface area contributed by atoms with Crippen LogP contribution in [0, 0.1) is 0 Å². The van der Waals surface area contributed by atoms with Crippen molar-refractivity contribution in [1.29, 1.82) is 0 Å². The Bertz CT molecular complexity index is 741. The Labute approximate surface area is 158 Å². The van der Waals surface area contributed by atoms with Crippen LogP contribution in [0.1, 0.15) is 22.9 Å². The molecule has 0 radical (unpaired) electrons. The van der Waals surface area contributed by atoms with Gasteiger partial charge >= 0.3 is 0 Å². The third kappa shape index (κ3) is 3.75. The van der Waals surface area contributed by atoms with E-state index in [2.05, 4.69) is 0 Å². The Morgan fingerprint density at radius 1 is 1.04 bits per heavy atom. The second-order valence-corrected chi connectivity index (χ2v) is 7.11. The predicted molar refractivity (Wildman–Crippen MR) is 103 cm³/mol. The highest BCUT2D eigenvalue weighted by Crippen LogP contribution is 2.47. The number of benzene rings is 2. The Hall–Kier alpha value is -2.34. The van der Waals surface area contributed by atoms with Crippen molar-refractivity contribution in [2.75, 3.05) is 27.1 Å². The molecule has 0 spiro atoms. The summed E-state index contributed by atoms with van der Waals surface area (Å²) < 4.78 is 16.5. The number of nitrogens with zero attached hydrogens (tertiary/aromatic N) is 1. The van der Waals surface area contributed by atoms with Crippen LogP contribution in [0.2, 0.25) is 0 Å². The third-order valence-corrected chi connectivity index (χ3v) is 5.64. The summed E-state index contributed by atoms with van der Waals surface area (Å²) >= 11 is 1.72. The summed E-state index contributed by atoms with van der Waals surface area (Å²) in [7, 11) is 4.84. The summed E-state index contributed by atoms with van der Waals surface area (Å²) in [5.74, 6) is 2.88. The maximum atomic E-state index is 12.7. The minimum absolute atomic E-state index is 0.137. The van der Waals surface area contributed by atoms with E-state index in [4.69, 9.17) is 14.2 Å². The lowest BCUT2D eigenvalue weighted by Crippen LogP contribution is -2.37. The average molecular weight is 373 g/mol. The standard InChI is InChI=1S/C20H23NO4S/c1-23-15-11-16(24-2)19(17(12-15)25-3)20-21(18(22)9-10-26-20)13-14-7-5-4-6-8-14/h4-8,11-12,20H,9-10,13H2,1-3H3. The molecule has 1 aliphatic rings. The second kappa shape index (κ2) is 8.36. The van der Waals surface area contributed by atoms with Crippen molar-refractivity contribution in [2.45, 2.75) is 18.3 Å². The lowest BCUT2D eigenvalue weighted by Gasteiger charge is -2.36. The molecule has 1 aliphatic heterocycles. The van der Waals surface area contributed by atoms with Crippen LogP contribution in [0.15, 0.2) is 42.5 Å². The van der Waals surface area contributed by atoms with Crippen LogP contribution in [0.4, 0.5) is 0 Å². The molecule has 0 saturated carbocycles. The first-order valence-corrected chi connectivity index (χ1v) is 9.47. The minimum atomic E-state index is -0.174. The van der Waals surface area contributed by atoms with Crippen LogP contribution in [-0.2, 0) is 11.3 Å². The van der Waals surface area contributed by atoms with Crippen molar-refractivity contribution < 1.29 is 19.0 Å². The largest absolute Gasteiger partial charge is 0.496 e. The number of carbonyl (C=O) groups is 1. The van der Waals surface area contributed by atoms with Crippen molar-refractivity contribution in [2.24, 2.45) is 0 Å². The zero-order valence-corrected chi connectivity index (χ0v) is 16.0. The number of hydrogen-bond donors (Lipinski definition) is 0. The van der Waals surface area contributed by atoms with Gasteiger partial charge in [0.1, 0.15) is 22.6 Å². The average Bonchev–Trinajstić information content (AvgIpc) is 2.69. The normalized spacial score (nSPS) is 17.1. The fourth-order valence-electron chi connectivity index (χ4n) is 3.09. The molecule has 1 amide bonds. The molecule has 0 N–H and O–H groups in total. The van der Waals surface area contributed by atoms with Gasteiger partial charge in [-0.2, -0.15) is 0 Å². The van der Waals surface area contributed by atoms with Gasteiger partial charge in [-0.25, -0.2) is 0 Å². The SMILES string of the molecule is COc1cc(OC)c(C2SCCC(=O)N2Cc2ccccc2)c(OC)c1. The van der Waals surface area contributed by atoms with E-state index in [0.717, 1.165) is 16.9 Å². The second-order valence-electron chi connectivity index (χ2n) is 5.93. The topological polar surface area (TPSA) is 48.0 Å². The zero-order chi connectivity index (χ0) is 18.5. The van der Waals surface area contributed by atoms with Crippen molar-refractivity contribution in [1.82, 2.24) is 4.90 Å². The fourth-order valence-corrected chi connectivity index (χ4v) is 4.38. The summed E-state index contributed by atoms with van der Waals surface area (Å²) in [6.45, 7) is 0.551. The van der Waals surface area contributed by atoms with Gasteiger partial charge in [0.2, 0.25) is 5.91 Å². The Balaban J connectivity index is 2.03. The first-order chi connectivity index (χ1) is 12.7. The molecule has 1 fully saturated rings. The van der Waals surface area contributed by atoms with Gasteiger partial charge in [-0.15, -0.1) is 11.8 Å². The molecule has 1 heterocycles. The molecule has 26 heavy (non-hydrogen) atoms. The van der Waals surface area contributed by atoms with E-state index >= 15 is 0 Å². The van der Waals surface area contributed by atoms with Crippen LogP contribution in [0.5, 0.6) is 17.2 Å². The van der Waals surface area contributed by atoms with Crippen LogP contribution < -0.4 is 14.2 Å². The maximum Gasteiger partial charge on any atom is 0.224 e. The fraction of sp³-hybridized carbons (Fsp3) is 0.350. The van der Waals surface area contributed by atoms with E-state index < -0.39 is 0 Å². The van der Waals surface area contributed by atoms with Gasteiger partial charge in [-0.05, 0) is 5.56 Å². The summed E-state index contributed by atoms with van der Waals surface area (Å²) in [4.78, 5) is 14.6. The molecule has 3 rings (SSSR count). The van der Waals surface area contributed by atoms with Crippen LogP contribution in [0.3, 0.4) is 0 Å². The zero-order valence-electron chi connectivity index (χ0n) is 15.2. The predicted octanol–water partition coefficient (Wildman–Crippen LogP) is 3.88. The van der Waals surface area contributed by atoms with Gasteiger partial charge in [0, 0.05) is 30.9 Å². The first kappa shape index (κ1) is 18.5. The van der Waals surface area contributed by atoms with Gasteiger partial charge in [-0.3, -0.25) is 4.79 Å². The van der Waals surface area contributed by atoms with Gasteiger partial charge in [0.25, 0.3) is 0 Å². The van der Waals surface area contributed by atoms with Crippen LogP contribution in [-0.4, -0.2) is 37.9 Å². The van der Waals surface area contributed by atoms with Crippen LogP contribution in [0.25, 0.3) is 0 Å². The van der Waals surface area contributed by atoms with E-state index in [1.165, 1.54) is 0 Å². The molecule has 1 unspecified atom stereocenters. The lowest BCUT2D eigenvalue weighted by atomic mass is 10.1. The summed E-state index contributed by atoms with van der Waals surface area (Å²) in [6.07, 6.45) is 0.536. The molecule has 1 atom stereocenters. The van der Waals surface area contributed by atoms with E-state index in [0.29, 0.717) is 30.2 Å². The van der Waals surface area contributed by atoms with Gasteiger partial charge in [0.15, 0.2) is 0 Å². The highest BCUT2D eigenvalue weighted by atomic mass is 32.2. The van der Waals surface area contributed by atoms with Crippen molar-refractivity contribution >= 4 is 17.7 Å². The lowest BCUT2D eigenvalue weighted by molar-refractivity contribution is -0.132. The maximum absolute atomic E-state index is 12.7. The molecule has 6 heteroatoms. The minimum Gasteiger partial charge on any atom is -0.496 e. The Morgan fingerprint density at radius 2 is 1.69 bits per heavy atom.